The van der Waals surface area contributed by atoms with E-state index in [1.165, 1.54) is 0 Å². The molecule has 15 heavy (non-hydrogen) atoms. The van der Waals surface area contributed by atoms with Crippen LogP contribution in [0.2, 0.25) is 5.02 Å². The molecule has 2 nitrogen and oxygen atoms in total. The molecule has 0 spiro atoms. The first-order valence-electron chi connectivity index (χ1n) is 4.43. The number of fused-ring (bicyclic) bond motifs is 1. The summed E-state index contributed by atoms with van der Waals surface area (Å²) in [5.74, 6) is 0. The predicted molar refractivity (Wildman–Crippen MR) is 62.3 cm³/mol. The Hall–Kier alpha value is -1.06. The standard InChI is InChI=1S/C11H9ClO2S/c1-7-5-9-8(3-2-4-10(9)12)6-11(7)15(13)14/h2-6,15H,1H3. The minimum Gasteiger partial charge on any atom is -0.227 e. The Morgan fingerprint density at radius 2 is 1.93 bits per heavy atom. The van der Waals surface area contributed by atoms with Gasteiger partial charge >= 0.3 is 0 Å². The molecule has 0 N–H and O–H groups in total. The molecule has 2 rings (SSSR count). The van der Waals surface area contributed by atoms with Gasteiger partial charge in [0.2, 0.25) is 0 Å². The monoisotopic (exact) mass is 240 g/mol. The van der Waals surface area contributed by atoms with Gasteiger partial charge in [0, 0.05) is 10.4 Å². The van der Waals surface area contributed by atoms with Crippen molar-refractivity contribution in [1.82, 2.24) is 0 Å². The van der Waals surface area contributed by atoms with E-state index in [1.54, 1.807) is 25.1 Å². The van der Waals surface area contributed by atoms with Crippen LogP contribution in [-0.2, 0) is 10.7 Å². The normalized spacial score (nSPS) is 11.1. The second kappa shape index (κ2) is 3.83. The van der Waals surface area contributed by atoms with Crippen LogP contribution in [0.15, 0.2) is 35.2 Å². The summed E-state index contributed by atoms with van der Waals surface area (Å²) in [5, 5.41) is 2.38. The maximum absolute atomic E-state index is 11.0. The minimum atomic E-state index is -2.54. The molecule has 0 aromatic heterocycles. The highest BCUT2D eigenvalue weighted by Crippen LogP contribution is 2.26. The van der Waals surface area contributed by atoms with Crippen molar-refractivity contribution in [3.05, 3.63) is 40.9 Å². The lowest BCUT2D eigenvalue weighted by Gasteiger charge is -2.04. The molecule has 2 aromatic rings. The van der Waals surface area contributed by atoms with Crippen LogP contribution in [-0.4, -0.2) is 8.42 Å². The van der Waals surface area contributed by atoms with E-state index in [1.807, 2.05) is 12.1 Å². The molecular weight excluding hydrogens is 232 g/mol. The van der Waals surface area contributed by atoms with Crippen LogP contribution in [0.3, 0.4) is 0 Å². The lowest BCUT2D eigenvalue weighted by molar-refractivity contribution is 0.614. The molecule has 0 amide bonds. The molecule has 0 atom stereocenters. The zero-order valence-electron chi connectivity index (χ0n) is 8.03. The number of hydrogen-bond donors (Lipinski definition) is 1. The Labute approximate surface area is 94.4 Å². The molecule has 0 saturated carbocycles. The van der Waals surface area contributed by atoms with E-state index in [-0.39, 0.29) is 0 Å². The summed E-state index contributed by atoms with van der Waals surface area (Å²) in [6.07, 6.45) is 0. The van der Waals surface area contributed by atoms with Crippen molar-refractivity contribution < 1.29 is 8.42 Å². The maximum Gasteiger partial charge on any atom is 0.168 e. The van der Waals surface area contributed by atoms with Crippen molar-refractivity contribution in [2.24, 2.45) is 0 Å². The number of rotatable bonds is 1. The van der Waals surface area contributed by atoms with Crippen LogP contribution in [0.4, 0.5) is 0 Å². The fraction of sp³-hybridized carbons (Fsp3) is 0.0909. The highest BCUT2D eigenvalue weighted by molar-refractivity contribution is 7.72. The van der Waals surface area contributed by atoms with Crippen LogP contribution in [0.5, 0.6) is 0 Å². The van der Waals surface area contributed by atoms with Crippen LogP contribution in [0, 0.1) is 6.92 Å². The average Bonchev–Trinajstić information content (AvgIpc) is 2.18. The maximum atomic E-state index is 11.0. The number of benzene rings is 2. The van der Waals surface area contributed by atoms with Gasteiger partial charge in [-0.1, -0.05) is 23.7 Å². The van der Waals surface area contributed by atoms with Crippen molar-refractivity contribution in [3.63, 3.8) is 0 Å². The Balaban J connectivity index is 2.88. The molecule has 0 fully saturated rings. The molecule has 0 saturated heterocycles. The van der Waals surface area contributed by atoms with E-state index >= 15 is 0 Å². The van der Waals surface area contributed by atoms with Crippen LogP contribution in [0.25, 0.3) is 10.8 Å². The van der Waals surface area contributed by atoms with E-state index in [0.29, 0.717) is 9.92 Å². The Bertz CT molecular complexity index is 595. The zero-order chi connectivity index (χ0) is 11.0. The summed E-state index contributed by atoms with van der Waals surface area (Å²) in [7, 11) is -2.54. The highest BCUT2D eigenvalue weighted by Gasteiger charge is 2.05. The molecule has 0 unspecified atom stereocenters. The third-order valence-corrected chi connectivity index (χ3v) is 3.55. The summed E-state index contributed by atoms with van der Waals surface area (Å²) in [6.45, 7) is 1.77. The van der Waals surface area contributed by atoms with Gasteiger partial charge in [-0.2, -0.15) is 0 Å². The van der Waals surface area contributed by atoms with Crippen molar-refractivity contribution in [2.75, 3.05) is 0 Å². The number of aryl methyl sites for hydroxylation is 1. The van der Waals surface area contributed by atoms with Crippen molar-refractivity contribution in [2.45, 2.75) is 11.8 Å². The minimum absolute atomic E-state index is 0.361. The summed E-state index contributed by atoms with van der Waals surface area (Å²) >= 11 is 6.01. The van der Waals surface area contributed by atoms with Crippen LogP contribution < -0.4 is 0 Å². The fourth-order valence-electron chi connectivity index (χ4n) is 1.58. The van der Waals surface area contributed by atoms with Gasteiger partial charge in [-0.15, -0.1) is 0 Å². The summed E-state index contributed by atoms with van der Waals surface area (Å²) < 4.78 is 21.9. The molecule has 2 aromatic carbocycles. The second-order valence-corrected chi connectivity index (χ2v) is 4.76. The van der Waals surface area contributed by atoms with E-state index in [9.17, 15) is 8.42 Å². The molecule has 0 radical (unpaired) electrons. The molecule has 4 heteroatoms. The third kappa shape index (κ3) is 1.85. The van der Waals surface area contributed by atoms with Crippen molar-refractivity contribution >= 4 is 33.1 Å². The van der Waals surface area contributed by atoms with Gasteiger partial charge in [0.15, 0.2) is 10.7 Å². The Kier molecular flexibility index (Phi) is 2.67. The van der Waals surface area contributed by atoms with E-state index in [0.717, 1.165) is 16.3 Å². The van der Waals surface area contributed by atoms with Crippen LogP contribution >= 0.6 is 11.6 Å². The molecule has 0 aliphatic carbocycles. The van der Waals surface area contributed by atoms with Crippen molar-refractivity contribution in [3.8, 4) is 0 Å². The topological polar surface area (TPSA) is 34.1 Å². The lowest BCUT2D eigenvalue weighted by Crippen LogP contribution is -1.87. The first-order chi connectivity index (χ1) is 7.09. The third-order valence-electron chi connectivity index (χ3n) is 2.34. The molecule has 0 aliphatic rings. The smallest absolute Gasteiger partial charge is 0.168 e. The van der Waals surface area contributed by atoms with E-state index < -0.39 is 10.7 Å². The SMILES string of the molecule is Cc1cc2c(Cl)cccc2cc1[SH](=O)=O. The van der Waals surface area contributed by atoms with Crippen molar-refractivity contribution in [1.29, 1.82) is 0 Å². The highest BCUT2D eigenvalue weighted by atomic mass is 35.5. The van der Waals surface area contributed by atoms with E-state index in [4.69, 9.17) is 11.6 Å². The summed E-state index contributed by atoms with van der Waals surface area (Å²) in [6, 6.07) is 8.91. The molecule has 78 valence electrons. The summed E-state index contributed by atoms with van der Waals surface area (Å²) in [5.41, 5.74) is 0.728. The van der Waals surface area contributed by atoms with E-state index in [2.05, 4.69) is 0 Å². The lowest BCUT2D eigenvalue weighted by atomic mass is 10.1. The van der Waals surface area contributed by atoms with Gasteiger partial charge in [-0.3, -0.25) is 0 Å². The van der Waals surface area contributed by atoms with Gasteiger partial charge in [0.1, 0.15) is 0 Å². The zero-order valence-corrected chi connectivity index (χ0v) is 9.68. The van der Waals surface area contributed by atoms with Crippen LogP contribution in [0.1, 0.15) is 5.56 Å². The predicted octanol–water partition coefficient (Wildman–Crippen LogP) is 2.77. The van der Waals surface area contributed by atoms with Gasteiger partial charge in [-0.05, 0) is 36.1 Å². The van der Waals surface area contributed by atoms with Gasteiger partial charge in [-0.25, -0.2) is 8.42 Å². The molecule has 0 heterocycles. The second-order valence-electron chi connectivity index (χ2n) is 3.36. The fourth-order valence-corrected chi connectivity index (χ4v) is 2.41. The Morgan fingerprint density at radius 3 is 2.60 bits per heavy atom. The number of halogens is 1. The van der Waals surface area contributed by atoms with Gasteiger partial charge in [0.25, 0.3) is 0 Å². The first-order valence-corrected chi connectivity index (χ1v) is 5.98. The molecule has 0 aliphatic heterocycles. The molecular formula is C11H9ClO2S. The quantitative estimate of drug-likeness (QED) is 0.778. The largest absolute Gasteiger partial charge is 0.227 e. The first kappa shape index (κ1) is 10.5. The molecule has 0 bridgehead atoms. The van der Waals surface area contributed by atoms with Gasteiger partial charge < -0.3 is 0 Å². The number of thiol groups is 1. The average molecular weight is 241 g/mol. The Morgan fingerprint density at radius 1 is 1.20 bits per heavy atom. The summed E-state index contributed by atoms with van der Waals surface area (Å²) in [4.78, 5) is 0.361. The number of hydrogen-bond acceptors (Lipinski definition) is 2. The van der Waals surface area contributed by atoms with Gasteiger partial charge in [0.05, 0.1) is 4.90 Å².